The van der Waals surface area contributed by atoms with Crippen LogP contribution in [0.25, 0.3) is 0 Å². The monoisotopic (exact) mass is 478 g/mol. The average Bonchev–Trinajstić information content (AvgIpc) is 2.76. The van der Waals surface area contributed by atoms with E-state index in [0.717, 1.165) is 29.6 Å². The Labute approximate surface area is 195 Å². The smallest absolute Gasteiger partial charge is 0.214 e. The van der Waals surface area contributed by atoms with Gasteiger partial charge in [0.2, 0.25) is 12.4 Å². The van der Waals surface area contributed by atoms with Crippen LogP contribution >= 0.6 is 0 Å². The molecule has 2 rings (SSSR count). The number of pyridine rings is 2. The number of hydrogen-bond acceptors (Lipinski definition) is 8. The maximum Gasteiger partial charge on any atom is 0.214 e. The molecule has 0 amide bonds. The molecule has 0 fully saturated rings. The van der Waals surface area contributed by atoms with E-state index in [-0.39, 0.29) is 28.6 Å². The summed E-state index contributed by atoms with van der Waals surface area (Å²) in [5, 5.41) is 23.9. The van der Waals surface area contributed by atoms with E-state index < -0.39 is 9.73 Å². The van der Waals surface area contributed by atoms with Crippen molar-refractivity contribution >= 4 is 20.4 Å². The molecule has 32 heavy (non-hydrogen) atoms. The van der Waals surface area contributed by atoms with E-state index in [1.54, 1.807) is 19.3 Å². The highest BCUT2D eigenvalue weighted by Gasteiger charge is 2.16. The fourth-order valence-corrected chi connectivity index (χ4v) is 3.98. The highest BCUT2D eigenvalue weighted by atomic mass is 32.2. The number of aliphatic hydroxyl groups is 1. The van der Waals surface area contributed by atoms with Gasteiger partial charge in [0.05, 0.1) is 15.0 Å². The van der Waals surface area contributed by atoms with E-state index in [2.05, 4.69) is 25.6 Å². The van der Waals surface area contributed by atoms with Gasteiger partial charge in [0.15, 0.2) is 0 Å². The van der Waals surface area contributed by atoms with Crippen molar-refractivity contribution in [1.82, 2.24) is 9.97 Å². The summed E-state index contributed by atoms with van der Waals surface area (Å²) >= 11 is 0. The SMILES string of the molecule is C.CO.Cc1ccc(C(C)S(C)(=O)=NC#N)cn1.Cc1ccc(C(C)S(C)=NC#N)cn1. The molecule has 1 N–H and O–H groups in total. The van der Waals surface area contributed by atoms with Gasteiger partial charge in [0.1, 0.15) is 0 Å². The molecule has 0 saturated carbocycles. The van der Waals surface area contributed by atoms with Gasteiger partial charge in [-0.1, -0.05) is 30.3 Å². The molecule has 10 heteroatoms. The Hall–Kier alpha value is -2.66. The van der Waals surface area contributed by atoms with E-state index in [9.17, 15) is 4.21 Å². The standard InChI is InChI=1S/C10H13N3OS.C10H13N3S.CH4O.CH4/c1-8-4-5-10(6-12-8)9(2)15(3,14)13-7-11;1-8-4-5-10(6-12-8)9(2)14(3)13-7-11;1-2;/h4-6,9H,1-3H3;4-6,9H,1-3H3;2H,1H3;1H4. The van der Waals surface area contributed by atoms with E-state index in [1.165, 1.54) is 6.26 Å². The van der Waals surface area contributed by atoms with Gasteiger partial charge in [-0.2, -0.15) is 14.9 Å². The molecule has 2 heterocycles. The summed E-state index contributed by atoms with van der Waals surface area (Å²) in [5.41, 5.74) is 3.90. The van der Waals surface area contributed by atoms with Crippen LogP contribution in [0.2, 0.25) is 0 Å². The number of nitriles is 2. The predicted octanol–water partition coefficient (Wildman–Crippen LogP) is 4.64. The summed E-state index contributed by atoms with van der Waals surface area (Å²) in [6.07, 6.45) is 10.4. The molecule has 2 aromatic rings. The maximum atomic E-state index is 12.0. The fraction of sp³-hybridized carbons (Fsp3) is 0.455. The molecule has 0 saturated heterocycles. The van der Waals surface area contributed by atoms with Crippen LogP contribution in [0.1, 0.15) is 54.3 Å². The van der Waals surface area contributed by atoms with Crippen LogP contribution in [0.15, 0.2) is 45.4 Å². The van der Waals surface area contributed by atoms with E-state index in [1.807, 2.05) is 56.8 Å². The molecular formula is C22H34N6O2S2. The van der Waals surface area contributed by atoms with E-state index in [4.69, 9.17) is 15.6 Å². The Bertz CT molecular complexity index is 1050. The van der Waals surface area contributed by atoms with Crippen LogP contribution in [0.3, 0.4) is 0 Å². The zero-order valence-electron chi connectivity index (χ0n) is 19.0. The molecule has 0 radical (unpaired) electrons. The van der Waals surface area contributed by atoms with Crippen LogP contribution in [0.4, 0.5) is 0 Å². The van der Waals surface area contributed by atoms with Gasteiger partial charge in [-0.3, -0.25) is 9.97 Å². The molecule has 0 aliphatic carbocycles. The Morgan fingerprint density at radius 2 is 1.47 bits per heavy atom. The van der Waals surface area contributed by atoms with Gasteiger partial charge >= 0.3 is 0 Å². The van der Waals surface area contributed by atoms with Crippen molar-refractivity contribution in [2.45, 2.75) is 45.6 Å². The van der Waals surface area contributed by atoms with Crippen molar-refractivity contribution in [3.63, 3.8) is 0 Å². The quantitative estimate of drug-likeness (QED) is 0.636. The molecule has 0 aliphatic rings. The third-order valence-corrected chi connectivity index (χ3v) is 8.08. The molecule has 0 aromatic carbocycles. The van der Waals surface area contributed by atoms with Crippen molar-refractivity contribution < 1.29 is 9.32 Å². The third kappa shape index (κ3) is 10.6. The molecule has 0 spiro atoms. The highest BCUT2D eigenvalue weighted by molar-refractivity contribution is 7.93. The first kappa shape index (κ1) is 31.5. The first-order valence-corrected chi connectivity index (χ1v) is 12.9. The van der Waals surface area contributed by atoms with Crippen molar-refractivity contribution in [1.29, 1.82) is 10.5 Å². The maximum absolute atomic E-state index is 12.0. The van der Waals surface area contributed by atoms with Gasteiger partial charge in [0.25, 0.3) is 0 Å². The Morgan fingerprint density at radius 1 is 1.00 bits per heavy atom. The normalized spacial score (nSPS) is 14.2. The van der Waals surface area contributed by atoms with Crippen LogP contribution in [0.5, 0.6) is 0 Å². The number of nitrogens with zero attached hydrogens (tertiary/aromatic N) is 6. The zero-order chi connectivity index (χ0) is 24.0. The summed E-state index contributed by atoms with van der Waals surface area (Å²) in [6.45, 7) is 7.70. The lowest BCUT2D eigenvalue weighted by molar-refractivity contribution is 0.399. The minimum absolute atomic E-state index is 0. The van der Waals surface area contributed by atoms with Crippen molar-refractivity contribution in [3.05, 3.63) is 59.2 Å². The number of hydrogen-bond donors (Lipinski definition) is 1. The van der Waals surface area contributed by atoms with Crippen molar-refractivity contribution in [3.8, 4) is 12.4 Å². The first-order valence-electron chi connectivity index (χ1n) is 9.26. The van der Waals surface area contributed by atoms with E-state index in [0.29, 0.717) is 0 Å². The molecule has 0 aliphatic heterocycles. The minimum Gasteiger partial charge on any atom is -0.400 e. The van der Waals surface area contributed by atoms with Crippen molar-refractivity contribution in [2.75, 3.05) is 19.6 Å². The molecule has 8 nitrogen and oxygen atoms in total. The van der Waals surface area contributed by atoms with Crippen molar-refractivity contribution in [2.24, 2.45) is 8.73 Å². The molecule has 4 atom stereocenters. The Kier molecular flexibility index (Phi) is 15.8. The molecule has 0 bridgehead atoms. The van der Waals surface area contributed by atoms with E-state index >= 15 is 0 Å². The second-order valence-electron chi connectivity index (χ2n) is 6.52. The number of aryl methyl sites for hydroxylation is 2. The van der Waals surface area contributed by atoms with Gasteiger partial charge in [-0.25, -0.2) is 4.21 Å². The molecular weight excluding hydrogens is 444 g/mol. The summed E-state index contributed by atoms with van der Waals surface area (Å²) in [4.78, 5) is 8.35. The number of aromatic nitrogens is 2. The summed E-state index contributed by atoms with van der Waals surface area (Å²) in [6, 6.07) is 7.75. The fourth-order valence-electron chi connectivity index (χ4n) is 2.19. The molecule has 2 aromatic heterocycles. The number of aliphatic hydroxyl groups excluding tert-OH is 1. The molecule has 4 unspecified atom stereocenters. The Morgan fingerprint density at radius 3 is 1.84 bits per heavy atom. The van der Waals surface area contributed by atoms with Crippen LogP contribution in [-0.2, 0) is 20.4 Å². The third-order valence-electron chi connectivity index (χ3n) is 4.38. The number of rotatable bonds is 4. The topological polar surface area (TPSA) is 135 Å². The van der Waals surface area contributed by atoms with Gasteiger partial charge in [0, 0.05) is 42.4 Å². The first-order chi connectivity index (χ1) is 14.6. The minimum atomic E-state index is -2.50. The largest absolute Gasteiger partial charge is 0.400 e. The van der Waals surface area contributed by atoms with Crippen LogP contribution in [-0.4, -0.2) is 38.9 Å². The zero-order valence-corrected chi connectivity index (χ0v) is 20.6. The van der Waals surface area contributed by atoms with Gasteiger partial charge in [-0.05, 0) is 57.2 Å². The van der Waals surface area contributed by atoms with Gasteiger partial charge in [-0.15, -0.1) is 4.36 Å². The summed E-state index contributed by atoms with van der Waals surface area (Å²) in [5.74, 6) is 0. The summed E-state index contributed by atoms with van der Waals surface area (Å²) < 4.78 is 19.2. The van der Waals surface area contributed by atoms with Crippen LogP contribution < -0.4 is 0 Å². The summed E-state index contributed by atoms with van der Waals surface area (Å²) in [7, 11) is -1.75. The second-order valence-corrected chi connectivity index (χ2v) is 11.1. The lowest BCUT2D eigenvalue weighted by atomic mass is 10.2. The Balaban J connectivity index is 0. The van der Waals surface area contributed by atoms with Crippen LogP contribution in [0, 0.1) is 36.8 Å². The lowest BCUT2D eigenvalue weighted by Gasteiger charge is -2.12. The highest BCUT2D eigenvalue weighted by Crippen LogP contribution is 2.22. The molecule has 176 valence electrons. The second kappa shape index (κ2) is 16.0. The lowest BCUT2D eigenvalue weighted by Crippen LogP contribution is -2.07. The predicted molar refractivity (Wildman–Crippen MR) is 133 cm³/mol. The van der Waals surface area contributed by atoms with Gasteiger partial charge < -0.3 is 5.11 Å². The average molecular weight is 479 g/mol.